The van der Waals surface area contributed by atoms with Crippen LogP contribution in [-0.4, -0.2) is 51.8 Å². The van der Waals surface area contributed by atoms with E-state index in [0.29, 0.717) is 34.2 Å². The Hall–Kier alpha value is -4.57. The molecule has 0 bridgehead atoms. The third-order valence-corrected chi connectivity index (χ3v) is 11.0. The number of carbonyl (C=O) groups is 1. The lowest BCUT2D eigenvalue weighted by molar-refractivity contribution is 0.1000. The lowest BCUT2D eigenvalue weighted by Crippen LogP contribution is -2.23. The molecule has 0 aliphatic rings. The number of sulfonamides is 1. The Morgan fingerprint density at radius 3 is 2.33 bits per heavy atom. The molecule has 48 heavy (non-hydrogen) atoms. The van der Waals surface area contributed by atoms with Crippen molar-refractivity contribution in [1.29, 1.82) is 0 Å². The van der Waals surface area contributed by atoms with Crippen LogP contribution in [0.25, 0.3) is 10.9 Å². The van der Waals surface area contributed by atoms with Crippen molar-refractivity contribution in [3.63, 3.8) is 0 Å². The van der Waals surface area contributed by atoms with Crippen LogP contribution >= 0.6 is 7.14 Å². The van der Waals surface area contributed by atoms with E-state index in [1.165, 1.54) is 14.2 Å². The minimum absolute atomic E-state index is 0.0291. The van der Waals surface area contributed by atoms with Gasteiger partial charge < -0.3 is 15.0 Å². The van der Waals surface area contributed by atoms with Gasteiger partial charge in [-0.1, -0.05) is 51.1 Å². The second kappa shape index (κ2) is 13.1. The van der Waals surface area contributed by atoms with Crippen molar-refractivity contribution in [2.24, 2.45) is 5.73 Å². The first-order valence-corrected chi connectivity index (χ1v) is 19.4. The van der Waals surface area contributed by atoms with E-state index in [1.807, 2.05) is 81.4 Å². The Morgan fingerprint density at radius 2 is 1.69 bits per heavy atom. The van der Waals surface area contributed by atoms with Gasteiger partial charge in [-0.2, -0.15) is 0 Å². The van der Waals surface area contributed by atoms with Gasteiger partial charge in [-0.05, 0) is 97.4 Å². The molecule has 3 N–H and O–H groups in total. The number of rotatable bonds is 10. The molecule has 0 radical (unpaired) electrons. The monoisotopic (exact) mass is 685 g/mol. The zero-order valence-corrected chi connectivity index (χ0v) is 29.8. The number of aromatic nitrogens is 2. The van der Waals surface area contributed by atoms with E-state index in [0.717, 1.165) is 22.1 Å². The predicted molar refractivity (Wildman–Crippen MR) is 193 cm³/mol. The number of nitrogens with two attached hydrogens (primary N) is 1. The van der Waals surface area contributed by atoms with E-state index in [-0.39, 0.29) is 16.6 Å². The number of anilines is 3. The first-order chi connectivity index (χ1) is 22.5. The number of ether oxygens (including phenoxy) is 1. The Morgan fingerprint density at radius 1 is 0.979 bits per heavy atom. The summed E-state index contributed by atoms with van der Waals surface area (Å²) in [5, 5.41) is 1.43. The standard InChI is InChI=1S/C36H40N5O5PS/c1-36(2,3)27-19-31(33(46-5)32(20-27)48(44,45)38-4)41(28-12-9-13-29(21-28)47(6,7)43)35-39-22-26-18-24(14-15-30(26)40-35)16-23-10-8-11-25(17-23)34(37)42/h8-15,17-22,38H,16H2,1-7H3,(H2,37,42). The van der Waals surface area contributed by atoms with Crippen LogP contribution in [0.5, 0.6) is 5.75 Å². The van der Waals surface area contributed by atoms with Crippen LogP contribution in [0.2, 0.25) is 0 Å². The number of nitrogens with zero attached hydrogens (tertiary/aromatic N) is 3. The van der Waals surface area contributed by atoms with E-state index in [4.69, 9.17) is 20.4 Å². The lowest BCUT2D eigenvalue weighted by Gasteiger charge is -2.29. The van der Waals surface area contributed by atoms with Crippen LogP contribution in [0.15, 0.2) is 90.0 Å². The second-order valence-corrected chi connectivity index (χ2v) is 18.1. The predicted octanol–water partition coefficient (Wildman–Crippen LogP) is 6.25. The van der Waals surface area contributed by atoms with Gasteiger partial charge in [0, 0.05) is 22.5 Å². The highest BCUT2D eigenvalue weighted by Crippen LogP contribution is 2.46. The molecule has 0 saturated carbocycles. The van der Waals surface area contributed by atoms with Gasteiger partial charge in [0.05, 0.1) is 24.0 Å². The average molecular weight is 686 g/mol. The average Bonchev–Trinajstić information content (AvgIpc) is 3.04. The zero-order chi connectivity index (χ0) is 35.0. The van der Waals surface area contributed by atoms with E-state index in [1.54, 1.807) is 42.6 Å². The quantitative estimate of drug-likeness (QED) is 0.164. The first kappa shape index (κ1) is 34.8. The van der Waals surface area contributed by atoms with Gasteiger partial charge in [0.15, 0.2) is 5.75 Å². The van der Waals surface area contributed by atoms with Crippen LogP contribution < -0.4 is 25.4 Å². The van der Waals surface area contributed by atoms with Crippen LogP contribution in [0.1, 0.15) is 47.8 Å². The molecule has 1 amide bonds. The second-order valence-electron chi connectivity index (χ2n) is 13.0. The van der Waals surface area contributed by atoms with Crippen molar-refractivity contribution in [3.8, 4) is 5.75 Å². The summed E-state index contributed by atoms with van der Waals surface area (Å²) in [7, 11) is -3.86. The van der Waals surface area contributed by atoms with Crippen molar-refractivity contribution >= 4 is 56.6 Å². The molecule has 0 aliphatic carbocycles. The van der Waals surface area contributed by atoms with Crippen LogP contribution in [0.3, 0.4) is 0 Å². The molecule has 0 aliphatic heterocycles. The van der Waals surface area contributed by atoms with E-state index in [9.17, 15) is 17.8 Å². The molecule has 0 saturated heterocycles. The molecule has 0 fully saturated rings. The number of hydrogen-bond donors (Lipinski definition) is 2. The molecule has 5 rings (SSSR count). The van der Waals surface area contributed by atoms with Gasteiger partial charge in [-0.3, -0.25) is 9.69 Å². The number of hydrogen-bond acceptors (Lipinski definition) is 8. The molecule has 0 spiro atoms. The molecule has 12 heteroatoms. The van der Waals surface area contributed by atoms with Gasteiger partial charge in [-0.15, -0.1) is 0 Å². The summed E-state index contributed by atoms with van der Waals surface area (Å²) in [5.74, 6) is -0.107. The van der Waals surface area contributed by atoms with E-state index < -0.39 is 28.5 Å². The fourth-order valence-corrected chi connectivity index (χ4v) is 7.21. The van der Waals surface area contributed by atoms with E-state index >= 15 is 0 Å². The molecular formula is C36H40N5O5PS. The topological polar surface area (TPSA) is 145 Å². The minimum atomic E-state index is -3.96. The molecular weight excluding hydrogens is 645 g/mol. The third-order valence-electron chi connectivity index (χ3n) is 8.07. The fraction of sp³-hybridized carbons (Fsp3) is 0.250. The molecule has 0 unspecified atom stereocenters. The summed E-state index contributed by atoms with van der Waals surface area (Å²) < 4.78 is 48.2. The largest absolute Gasteiger partial charge is 0.493 e. The van der Waals surface area contributed by atoms with Crippen molar-refractivity contribution in [3.05, 3.63) is 107 Å². The maximum Gasteiger partial charge on any atom is 0.248 e. The Balaban J connectivity index is 1.72. The number of nitrogens with one attached hydrogen (secondary N) is 1. The lowest BCUT2D eigenvalue weighted by atomic mass is 9.86. The SMILES string of the molecule is CNS(=O)(=O)c1cc(C(C)(C)C)cc(N(c2cccc(P(C)(C)=O)c2)c2ncc3cc(Cc4cccc(C(N)=O)c4)ccc3n2)c1OC. The normalized spacial score (nSPS) is 12.2. The van der Waals surface area contributed by atoms with Crippen molar-refractivity contribution in [1.82, 2.24) is 14.7 Å². The number of fused-ring (bicyclic) bond motifs is 1. The van der Waals surface area contributed by atoms with Crippen molar-refractivity contribution < 1.29 is 22.5 Å². The number of carbonyl (C=O) groups excluding carboxylic acids is 1. The summed E-state index contributed by atoms with van der Waals surface area (Å²) in [4.78, 5) is 23.1. The Kier molecular flexibility index (Phi) is 9.52. The summed E-state index contributed by atoms with van der Waals surface area (Å²) in [6, 6.07) is 23.8. The zero-order valence-electron chi connectivity index (χ0n) is 28.1. The molecule has 1 heterocycles. The van der Waals surface area contributed by atoms with Gasteiger partial charge in [0.25, 0.3) is 0 Å². The summed E-state index contributed by atoms with van der Waals surface area (Å²) in [6.07, 6.45) is 2.29. The first-order valence-electron chi connectivity index (χ1n) is 15.3. The molecule has 10 nitrogen and oxygen atoms in total. The number of methoxy groups -OCH3 is 1. The number of benzene rings is 4. The van der Waals surface area contributed by atoms with Crippen molar-refractivity contribution in [2.75, 3.05) is 32.4 Å². The molecule has 0 atom stereocenters. The maximum atomic E-state index is 13.4. The van der Waals surface area contributed by atoms with Crippen molar-refractivity contribution in [2.45, 2.75) is 37.5 Å². The molecule has 1 aromatic heterocycles. The molecule has 4 aromatic carbocycles. The maximum absolute atomic E-state index is 13.4. The van der Waals surface area contributed by atoms with E-state index in [2.05, 4.69) is 4.72 Å². The van der Waals surface area contributed by atoms with Gasteiger partial charge >= 0.3 is 0 Å². The van der Waals surface area contributed by atoms with Crippen LogP contribution in [0.4, 0.5) is 17.3 Å². The third kappa shape index (κ3) is 7.28. The number of primary amides is 1. The van der Waals surface area contributed by atoms with Gasteiger partial charge in [0.1, 0.15) is 12.0 Å². The summed E-state index contributed by atoms with van der Waals surface area (Å²) >= 11 is 0. The highest BCUT2D eigenvalue weighted by atomic mass is 32.2. The van der Waals surface area contributed by atoms with Crippen LogP contribution in [0, 0.1) is 0 Å². The summed E-state index contributed by atoms with van der Waals surface area (Å²) in [5.41, 5.74) is 9.81. The highest BCUT2D eigenvalue weighted by molar-refractivity contribution is 7.89. The summed E-state index contributed by atoms with van der Waals surface area (Å²) in [6.45, 7) is 9.39. The minimum Gasteiger partial charge on any atom is -0.493 e. The smallest absolute Gasteiger partial charge is 0.248 e. The highest BCUT2D eigenvalue weighted by Gasteiger charge is 2.30. The fourth-order valence-electron chi connectivity index (χ4n) is 5.39. The Labute approximate surface area is 281 Å². The number of amides is 1. The molecule has 250 valence electrons. The van der Waals surface area contributed by atoms with Gasteiger partial charge in [-0.25, -0.2) is 23.1 Å². The van der Waals surface area contributed by atoms with Crippen LogP contribution in [-0.2, 0) is 26.4 Å². The Bertz CT molecular complexity index is 2190. The molecule has 5 aromatic rings. The van der Waals surface area contributed by atoms with Gasteiger partial charge in [0.2, 0.25) is 21.9 Å².